The van der Waals surface area contributed by atoms with Gasteiger partial charge in [0, 0.05) is 20.1 Å². The van der Waals surface area contributed by atoms with Crippen LogP contribution in [-0.2, 0) is 11.3 Å². The number of amides is 1. The van der Waals surface area contributed by atoms with E-state index in [1.807, 2.05) is 25.1 Å². The highest BCUT2D eigenvalue weighted by molar-refractivity contribution is 5.77. The second kappa shape index (κ2) is 6.66. The molecule has 0 saturated carbocycles. The lowest BCUT2D eigenvalue weighted by molar-refractivity contribution is -0.128. The molecule has 1 aromatic carbocycles. The molecule has 0 aromatic heterocycles. The van der Waals surface area contributed by atoms with E-state index in [1.54, 1.807) is 18.0 Å². The van der Waals surface area contributed by atoms with Crippen molar-refractivity contribution in [3.05, 3.63) is 35.4 Å². The molecule has 0 saturated heterocycles. The van der Waals surface area contributed by atoms with Gasteiger partial charge < -0.3 is 10.2 Å². The van der Waals surface area contributed by atoms with Gasteiger partial charge in [-0.3, -0.25) is 4.79 Å². The first-order chi connectivity index (χ1) is 8.17. The summed E-state index contributed by atoms with van der Waals surface area (Å²) in [5, 5.41) is 11.8. The normalized spacial score (nSPS) is 9.71. The summed E-state index contributed by atoms with van der Waals surface area (Å²) in [6, 6.07) is 9.45. The lowest BCUT2D eigenvalue weighted by Crippen LogP contribution is -2.35. The summed E-state index contributed by atoms with van der Waals surface area (Å²) in [5.74, 6) is 0.0731. The minimum absolute atomic E-state index is 0.0731. The van der Waals surface area contributed by atoms with Crippen LogP contribution in [0.1, 0.15) is 18.1 Å². The maximum absolute atomic E-state index is 11.5. The van der Waals surface area contributed by atoms with Crippen LogP contribution in [0.3, 0.4) is 0 Å². The third-order valence-electron chi connectivity index (χ3n) is 2.56. The van der Waals surface area contributed by atoms with Gasteiger partial charge in [0.05, 0.1) is 18.2 Å². The average Bonchev–Trinajstić information content (AvgIpc) is 2.37. The largest absolute Gasteiger partial charge is 0.345 e. The van der Waals surface area contributed by atoms with Crippen molar-refractivity contribution in [1.29, 1.82) is 5.26 Å². The molecule has 4 heteroatoms. The summed E-state index contributed by atoms with van der Waals surface area (Å²) in [7, 11) is 1.78. The fourth-order valence-corrected chi connectivity index (χ4v) is 1.38. The Morgan fingerprint density at radius 3 is 2.94 bits per heavy atom. The predicted octanol–water partition coefficient (Wildman–Crippen LogP) is 1.13. The van der Waals surface area contributed by atoms with Crippen LogP contribution in [0.4, 0.5) is 0 Å². The molecule has 90 valence electrons. The third-order valence-corrected chi connectivity index (χ3v) is 2.56. The van der Waals surface area contributed by atoms with Crippen LogP contribution in [0.25, 0.3) is 0 Å². The van der Waals surface area contributed by atoms with Gasteiger partial charge in [0.25, 0.3) is 0 Å². The van der Waals surface area contributed by atoms with E-state index in [2.05, 4.69) is 11.4 Å². The van der Waals surface area contributed by atoms with Gasteiger partial charge in [0.2, 0.25) is 5.91 Å². The second-order valence-corrected chi connectivity index (χ2v) is 3.82. The van der Waals surface area contributed by atoms with Gasteiger partial charge in [0.15, 0.2) is 0 Å². The van der Waals surface area contributed by atoms with Crippen LogP contribution in [0, 0.1) is 11.3 Å². The topological polar surface area (TPSA) is 56.1 Å². The van der Waals surface area contributed by atoms with Crippen molar-refractivity contribution in [2.24, 2.45) is 0 Å². The van der Waals surface area contributed by atoms with Gasteiger partial charge in [0.1, 0.15) is 0 Å². The SMILES string of the molecule is CCN(C)C(=O)CNCc1cccc(C#N)c1. The number of rotatable bonds is 5. The van der Waals surface area contributed by atoms with Crippen molar-refractivity contribution in [3.63, 3.8) is 0 Å². The number of hydrogen-bond acceptors (Lipinski definition) is 3. The molecule has 0 fully saturated rings. The van der Waals surface area contributed by atoms with E-state index in [-0.39, 0.29) is 5.91 Å². The number of likely N-dealkylation sites (N-methyl/N-ethyl adjacent to an activating group) is 1. The smallest absolute Gasteiger partial charge is 0.236 e. The van der Waals surface area contributed by atoms with Crippen LogP contribution in [0.5, 0.6) is 0 Å². The van der Waals surface area contributed by atoms with E-state index in [4.69, 9.17) is 5.26 Å². The zero-order valence-electron chi connectivity index (χ0n) is 10.2. The summed E-state index contributed by atoms with van der Waals surface area (Å²) >= 11 is 0. The van der Waals surface area contributed by atoms with E-state index in [0.29, 0.717) is 25.2 Å². The van der Waals surface area contributed by atoms with Crippen molar-refractivity contribution >= 4 is 5.91 Å². The first-order valence-corrected chi connectivity index (χ1v) is 5.61. The highest BCUT2D eigenvalue weighted by atomic mass is 16.2. The Labute approximate surface area is 102 Å². The van der Waals surface area contributed by atoms with Crippen LogP contribution in [0.15, 0.2) is 24.3 Å². The zero-order chi connectivity index (χ0) is 12.7. The molecule has 0 atom stereocenters. The fourth-order valence-electron chi connectivity index (χ4n) is 1.38. The number of carbonyl (C=O) groups is 1. The number of carbonyl (C=O) groups excluding carboxylic acids is 1. The summed E-state index contributed by atoms with van der Waals surface area (Å²) in [5.41, 5.74) is 1.65. The van der Waals surface area contributed by atoms with E-state index in [9.17, 15) is 4.79 Å². The Hall–Kier alpha value is -1.86. The maximum atomic E-state index is 11.5. The first kappa shape index (κ1) is 13.2. The highest BCUT2D eigenvalue weighted by Gasteiger charge is 2.05. The molecule has 0 aliphatic rings. The molecule has 4 nitrogen and oxygen atoms in total. The molecule has 0 spiro atoms. The molecule has 17 heavy (non-hydrogen) atoms. The van der Waals surface area contributed by atoms with Gasteiger partial charge >= 0.3 is 0 Å². The van der Waals surface area contributed by atoms with Crippen LogP contribution < -0.4 is 5.32 Å². The average molecular weight is 231 g/mol. The molecule has 0 aliphatic carbocycles. The zero-order valence-corrected chi connectivity index (χ0v) is 10.2. The Balaban J connectivity index is 2.41. The van der Waals surface area contributed by atoms with Crippen LogP contribution in [-0.4, -0.2) is 30.9 Å². The molecule has 1 N–H and O–H groups in total. The van der Waals surface area contributed by atoms with Crippen molar-refractivity contribution in [1.82, 2.24) is 10.2 Å². The van der Waals surface area contributed by atoms with E-state index >= 15 is 0 Å². The van der Waals surface area contributed by atoms with Gasteiger partial charge in [-0.25, -0.2) is 0 Å². The maximum Gasteiger partial charge on any atom is 0.236 e. The molecule has 0 heterocycles. The van der Waals surface area contributed by atoms with Gasteiger partial charge in [-0.15, -0.1) is 0 Å². The molecule has 0 unspecified atom stereocenters. The Morgan fingerprint density at radius 1 is 1.53 bits per heavy atom. The Bertz CT molecular complexity index is 423. The molecule has 1 amide bonds. The van der Waals surface area contributed by atoms with E-state index in [0.717, 1.165) is 5.56 Å². The predicted molar refractivity (Wildman–Crippen MR) is 66.2 cm³/mol. The summed E-state index contributed by atoms with van der Waals surface area (Å²) in [6.45, 7) is 3.57. The van der Waals surface area contributed by atoms with Crippen molar-refractivity contribution < 1.29 is 4.79 Å². The molecule has 0 bridgehead atoms. The minimum atomic E-state index is 0.0731. The second-order valence-electron chi connectivity index (χ2n) is 3.82. The van der Waals surface area contributed by atoms with E-state index < -0.39 is 0 Å². The molecule has 0 radical (unpaired) electrons. The van der Waals surface area contributed by atoms with Crippen LogP contribution in [0.2, 0.25) is 0 Å². The quantitative estimate of drug-likeness (QED) is 0.826. The first-order valence-electron chi connectivity index (χ1n) is 5.61. The lowest BCUT2D eigenvalue weighted by Gasteiger charge is -2.14. The summed E-state index contributed by atoms with van der Waals surface area (Å²) < 4.78 is 0. The Morgan fingerprint density at radius 2 is 2.29 bits per heavy atom. The number of hydrogen-bond donors (Lipinski definition) is 1. The Kier molecular flexibility index (Phi) is 5.18. The highest BCUT2D eigenvalue weighted by Crippen LogP contribution is 2.03. The van der Waals surface area contributed by atoms with E-state index in [1.165, 1.54) is 0 Å². The van der Waals surface area contributed by atoms with Crippen LogP contribution >= 0.6 is 0 Å². The van der Waals surface area contributed by atoms with Gasteiger partial charge in [-0.2, -0.15) is 5.26 Å². The van der Waals surface area contributed by atoms with Crippen molar-refractivity contribution in [2.75, 3.05) is 20.1 Å². The minimum Gasteiger partial charge on any atom is -0.345 e. The summed E-state index contributed by atoms with van der Waals surface area (Å²) in [4.78, 5) is 13.2. The number of benzene rings is 1. The lowest BCUT2D eigenvalue weighted by atomic mass is 10.1. The molecular formula is C13H17N3O. The number of nitriles is 1. The van der Waals surface area contributed by atoms with Crippen molar-refractivity contribution in [2.45, 2.75) is 13.5 Å². The molecule has 1 aromatic rings. The third kappa shape index (κ3) is 4.25. The number of nitrogens with one attached hydrogen (secondary N) is 1. The van der Waals surface area contributed by atoms with Crippen molar-refractivity contribution in [3.8, 4) is 6.07 Å². The monoisotopic (exact) mass is 231 g/mol. The molecule has 0 aliphatic heterocycles. The van der Waals surface area contributed by atoms with Gasteiger partial charge in [-0.1, -0.05) is 12.1 Å². The summed E-state index contributed by atoms with van der Waals surface area (Å²) in [6.07, 6.45) is 0. The molecular weight excluding hydrogens is 214 g/mol. The van der Waals surface area contributed by atoms with Gasteiger partial charge in [-0.05, 0) is 24.6 Å². The fraction of sp³-hybridized carbons (Fsp3) is 0.385. The number of nitrogens with zero attached hydrogens (tertiary/aromatic N) is 2. The molecule has 1 rings (SSSR count). The standard InChI is InChI=1S/C13H17N3O/c1-3-16(2)13(17)10-15-9-12-6-4-5-11(7-12)8-14/h4-7,15H,3,9-10H2,1-2H3.